The molecule has 8 heteroatoms. The highest BCUT2D eigenvalue weighted by atomic mass is 16.5. The zero-order valence-electron chi connectivity index (χ0n) is 22.4. The van der Waals surface area contributed by atoms with E-state index in [4.69, 9.17) is 33.9 Å². The molecule has 0 aliphatic carbocycles. The Kier molecular flexibility index (Phi) is 6.87. The number of imidazole rings is 1. The van der Waals surface area contributed by atoms with E-state index in [1.165, 1.54) is 0 Å². The first-order valence-corrected chi connectivity index (χ1v) is 12.3. The van der Waals surface area contributed by atoms with Crippen molar-refractivity contribution in [3.05, 3.63) is 66.7 Å². The van der Waals surface area contributed by atoms with Gasteiger partial charge in [-0.1, -0.05) is 0 Å². The molecule has 0 saturated heterocycles. The molecular weight excluding hydrogens is 480 g/mol. The van der Waals surface area contributed by atoms with E-state index in [1.807, 2.05) is 66.7 Å². The maximum atomic E-state index is 5.55. The summed E-state index contributed by atoms with van der Waals surface area (Å²) in [5.74, 6) is 4.18. The summed E-state index contributed by atoms with van der Waals surface area (Å²) in [5, 5.41) is 0. The minimum atomic E-state index is 0.0916. The normalized spacial score (nSPS) is 11.1. The molecular formula is C30H30N4O4. The van der Waals surface area contributed by atoms with Gasteiger partial charge in [-0.25, -0.2) is 15.0 Å². The highest BCUT2D eigenvalue weighted by molar-refractivity contribution is 5.91. The SMILES string of the molecule is COc1ccc(-c2nc(-c3ccc(OC)c(OC)c3)nc3c2nc(-c2ccc(OC)cc2)n3C(C)C)cc1. The van der Waals surface area contributed by atoms with Crippen LogP contribution in [0, 0.1) is 0 Å². The fourth-order valence-electron chi connectivity index (χ4n) is 4.46. The zero-order valence-corrected chi connectivity index (χ0v) is 22.4. The summed E-state index contributed by atoms with van der Waals surface area (Å²) in [5.41, 5.74) is 4.88. The Morgan fingerprint density at radius 1 is 0.605 bits per heavy atom. The van der Waals surface area contributed by atoms with Gasteiger partial charge in [0.05, 0.1) is 28.4 Å². The Balaban J connectivity index is 1.80. The van der Waals surface area contributed by atoms with E-state index < -0.39 is 0 Å². The maximum Gasteiger partial charge on any atom is 0.165 e. The summed E-state index contributed by atoms with van der Waals surface area (Å²) in [6, 6.07) is 21.5. The van der Waals surface area contributed by atoms with Crippen LogP contribution in [0.15, 0.2) is 66.7 Å². The quantitative estimate of drug-likeness (QED) is 0.238. The van der Waals surface area contributed by atoms with Crippen LogP contribution in [0.1, 0.15) is 19.9 Å². The van der Waals surface area contributed by atoms with Gasteiger partial charge in [0.1, 0.15) is 28.5 Å². The summed E-state index contributed by atoms with van der Waals surface area (Å²) >= 11 is 0. The van der Waals surface area contributed by atoms with Crippen molar-refractivity contribution in [3.8, 4) is 57.0 Å². The van der Waals surface area contributed by atoms with Gasteiger partial charge in [-0.15, -0.1) is 0 Å². The van der Waals surface area contributed by atoms with Crippen molar-refractivity contribution in [2.45, 2.75) is 19.9 Å². The van der Waals surface area contributed by atoms with Crippen molar-refractivity contribution in [2.75, 3.05) is 28.4 Å². The number of aromatic nitrogens is 4. The summed E-state index contributed by atoms with van der Waals surface area (Å²) in [6.07, 6.45) is 0. The predicted octanol–water partition coefficient (Wildman–Crippen LogP) is 6.44. The highest BCUT2D eigenvalue weighted by Crippen LogP contribution is 2.37. The van der Waals surface area contributed by atoms with Gasteiger partial charge < -0.3 is 23.5 Å². The van der Waals surface area contributed by atoms with Crippen LogP contribution in [0.3, 0.4) is 0 Å². The monoisotopic (exact) mass is 510 g/mol. The van der Waals surface area contributed by atoms with Crippen LogP contribution in [-0.4, -0.2) is 48.0 Å². The number of nitrogens with zero attached hydrogens (tertiary/aromatic N) is 4. The smallest absolute Gasteiger partial charge is 0.165 e. The van der Waals surface area contributed by atoms with Crippen LogP contribution in [-0.2, 0) is 0 Å². The van der Waals surface area contributed by atoms with Crippen molar-refractivity contribution in [2.24, 2.45) is 0 Å². The molecule has 0 saturated carbocycles. The van der Waals surface area contributed by atoms with Crippen LogP contribution < -0.4 is 18.9 Å². The Morgan fingerprint density at radius 2 is 1.18 bits per heavy atom. The summed E-state index contributed by atoms with van der Waals surface area (Å²) in [6.45, 7) is 4.25. The van der Waals surface area contributed by atoms with Gasteiger partial charge in [0.2, 0.25) is 0 Å². The third-order valence-electron chi connectivity index (χ3n) is 6.41. The first-order chi connectivity index (χ1) is 18.5. The number of methoxy groups -OCH3 is 4. The molecule has 3 aromatic carbocycles. The molecule has 0 N–H and O–H groups in total. The van der Waals surface area contributed by atoms with Gasteiger partial charge in [-0.2, -0.15) is 0 Å². The molecule has 8 nitrogen and oxygen atoms in total. The number of benzene rings is 3. The van der Waals surface area contributed by atoms with Gasteiger partial charge in [0.25, 0.3) is 0 Å². The van der Waals surface area contributed by atoms with Crippen molar-refractivity contribution >= 4 is 11.2 Å². The van der Waals surface area contributed by atoms with Gasteiger partial charge in [-0.3, -0.25) is 0 Å². The highest BCUT2D eigenvalue weighted by Gasteiger charge is 2.22. The van der Waals surface area contributed by atoms with Crippen LogP contribution in [0.4, 0.5) is 0 Å². The van der Waals surface area contributed by atoms with Crippen molar-refractivity contribution in [1.82, 2.24) is 19.5 Å². The van der Waals surface area contributed by atoms with E-state index in [0.717, 1.165) is 50.9 Å². The average molecular weight is 511 g/mol. The molecule has 0 amide bonds. The van der Waals surface area contributed by atoms with E-state index in [9.17, 15) is 0 Å². The third kappa shape index (κ3) is 4.49. The van der Waals surface area contributed by atoms with Gasteiger partial charge in [0, 0.05) is 22.7 Å². The van der Waals surface area contributed by atoms with E-state index in [0.29, 0.717) is 17.3 Å². The largest absolute Gasteiger partial charge is 0.497 e. The molecule has 0 fully saturated rings. The number of hydrogen-bond acceptors (Lipinski definition) is 7. The maximum absolute atomic E-state index is 5.55. The second-order valence-corrected chi connectivity index (χ2v) is 8.99. The fourth-order valence-corrected chi connectivity index (χ4v) is 4.46. The minimum absolute atomic E-state index is 0.0916. The molecule has 5 aromatic rings. The van der Waals surface area contributed by atoms with Gasteiger partial charge in [-0.05, 0) is 80.6 Å². The van der Waals surface area contributed by atoms with Crippen molar-refractivity contribution in [1.29, 1.82) is 0 Å². The molecule has 0 bridgehead atoms. The molecule has 38 heavy (non-hydrogen) atoms. The molecule has 0 aliphatic heterocycles. The molecule has 2 aromatic heterocycles. The van der Waals surface area contributed by atoms with E-state index >= 15 is 0 Å². The number of rotatable bonds is 8. The van der Waals surface area contributed by atoms with E-state index in [2.05, 4.69) is 18.4 Å². The first-order valence-electron chi connectivity index (χ1n) is 12.3. The molecule has 2 heterocycles. The molecule has 0 aliphatic rings. The van der Waals surface area contributed by atoms with Gasteiger partial charge >= 0.3 is 0 Å². The zero-order chi connectivity index (χ0) is 26.8. The minimum Gasteiger partial charge on any atom is -0.497 e. The number of ether oxygens (including phenoxy) is 4. The number of hydrogen-bond donors (Lipinski definition) is 0. The van der Waals surface area contributed by atoms with Crippen LogP contribution in [0.5, 0.6) is 23.0 Å². The summed E-state index contributed by atoms with van der Waals surface area (Å²) in [4.78, 5) is 15.2. The second-order valence-electron chi connectivity index (χ2n) is 8.99. The first kappa shape index (κ1) is 25.1. The molecule has 0 unspecified atom stereocenters. The van der Waals surface area contributed by atoms with Crippen LogP contribution in [0.25, 0.3) is 45.2 Å². The average Bonchev–Trinajstić information content (AvgIpc) is 3.36. The van der Waals surface area contributed by atoms with Crippen molar-refractivity contribution < 1.29 is 18.9 Å². The predicted molar refractivity (Wildman–Crippen MR) is 148 cm³/mol. The standard InChI is InChI=1S/C30H30N4O4/c1-18(2)34-29(20-9-14-23(36-4)15-10-20)32-27-26(19-7-12-22(35-3)13-8-19)31-28(33-30(27)34)21-11-16-24(37-5)25(17-21)38-6/h7-18H,1-6H3. The number of fused-ring (bicyclic) bond motifs is 1. The van der Waals surface area contributed by atoms with Gasteiger partial charge in [0.15, 0.2) is 23.0 Å². The summed E-state index contributed by atoms with van der Waals surface area (Å²) < 4.78 is 23.9. The van der Waals surface area contributed by atoms with Crippen molar-refractivity contribution in [3.63, 3.8) is 0 Å². The fraction of sp³-hybridized carbons (Fsp3) is 0.233. The lowest BCUT2D eigenvalue weighted by molar-refractivity contribution is 0.355. The third-order valence-corrected chi connectivity index (χ3v) is 6.41. The molecule has 0 radical (unpaired) electrons. The molecule has 194 valence electrons. The Labute approximate surface area is 221 Å². The second kappa shape index (κ2) is 10.4. The summed E-state index contributed by atoms with van der Waals surface area (Å²) in [7, 11) is 6.54. The lowest BCUT2D eigenvalue weighted by Gasteiger charge is -2.14. The molecule has 0 spiro atoms. The molecule has 5 rings (SSSR count). The van der Waals surface area contributed by atoms with Crippen LogP contribution in [0.2, 0.25) is 0 Å². The van der Waals surface area contributed by atoms with E-state index in [-0.39, 0.29) is 6.04 Å². The Hall–Kier alpha value is -4.59. The molecule has 0 atom stereocenters. The van der Waals surface area contributed by atoms with E-state index in [1.54, 1.807) is 28.4 Å². The Bertz CT molecular complexity index is 1580. The Morgan fingerprint density at radius 3 is 1.74 bits per heavy atom. The topological polar surface area (TPSA) is 80.5 Å². The lowest BCUT2D eigenvalue weighted by atomic mass is 10.1. The lowest BCUT2D eigenvalue weighted by Crippen LogP contribution is -2.05. The van der Waals surface area contributed by atoms with Crippen LogP contribution >= 0.6 is 0 Å².